The standard InChI is InChI=1S/C27H32N4/c1-19-27(23-5-2-3-6-25(23)29-19)20-9-11-21(12-10-20)30-15-17-31(18-16-30)26-8-4-7-24-22(26)13-14-28-24/h2-8,13-14,20-21,28-29H,9-12,15-18H2,1H3. The fraction of sp³-hybridized carbons (Fsp3) is 0.407. The molecule has 31 heavy (non-hydrogen) atoms. The third-order valence-electron chi connectivity index (χ3n) is 7.79. The Labute approximate surface area is 184 Å². The van der Waals surface area contributed by atoms with Crippen LogP contribution in [0.25, 0.3) is 21.8 Å². The fourth-order valence-corrected chi connectivity index (χ4v) is 6.23. The zero-order valence-corrected chi connectivity index (χ0v) is 18.4. The van der Waals surface area contributed by atoms with Crippen LogP contribution in [0.15, 0.2) is 54.7 Å². The molecule has 1 saturated carbocycles. The van der Waals surface area contributed by atoms with Gasteiger partial charge in [-0.25, -0.2) is 0 Å². The Balaban J connectivity index is 1.10. The molecule has 1 aliphatic carbocycles. The van der Waals surface area contributed by atoms with E-state index in [2.05, 4.69) is 81.4 Å². The third kappa shape index (κ3) is 3.34. The molecule has 3 heterocycles. The number of aromatic amines is 2. The van der Waals surface area contributed by atoms with Crippen LogP contribution in [0.2, 0.25) is 0 Å². The summed E-state index contributed by atoms with van der Waals surface area (Å²) in [5.74, 6) is 0.708. The van der Waals surface area contributed by atoms with Gasteiger partial charge in [-0.2, -0.15) is 0 Å². The maximum absolute atomic E-state index is 3.61. The van der Waals surface area contributed by atoms with Crippen LogP contribution in [0, 0.1) is 6.92 Å². The first kappa shape index (κ1) is 19.0. The van der Waals surface area contributed by atoms with Crippen LogP contribution in [0.1, 0.15) is 42.9 Å². The summed E-state index contributed by atoms with van der Waals surface area (Å²) in [7, 11) is 0. The van der Waals surface area contributed by atoms with Crippen molar-refractivity contribution < 1.29 is 0 Å². The molecule has 0 spiro atoms. The number of benzene rings is 2. The summed E-state index contributed by atoms with van der Waals surface area (Å²) >= 11 is 0. The SMILES string of the molecule is Cc1[nH]c2ccccc2c1C1CCC(N2CCN(c3cccc4[nH]ccc34)CC2)CC1. The molecule has 4 heteroatoms. The van der Waals surface area contributed by atoms with E-state index in [4.69, 9.17) is 0 Å². The van der Waals surface area contributed by atoms with E-state index < -0.39 is 0 Å². The van der Waals surface area contributed by atoms with Crippen LogP contribution in [0.4, 0.5) is 5.69 Å². The number of rotatable bonds is 3. The molecule has 2 aromatic heterocycles. The van der Waals surface area contributed by atoms with Crippen molar-refractivity contribution in [2.45, 2.75) is 44.6 Å². The lowest BCUT2D eigenvalue weighted by Crippen LogP contribution is -2.51. The van der Waals surface area contributed by atoms with Crippen LogP contribution in [-0.2, 0) is 0 Å². The van der Waals surface area contributed by atoms with Crippen molar-refractivity contribution >= 4 is 27.5 Å². The zero-order chi connectivity index (χ0) is 20.8. The molecule has 2 N–H and O–H groups in total. The Morgan fingerprint density at radius 2 is 1.55 bits per heavy atom. The Hall–Kier alpha value is -2.72. The van der Waals surface area contributed by atoms with Gasteiger partial charge in [0.2, 0.25) is 0 Å². The van der Waals surface area contributed by atoms with E-state index >= 15 is 0 Å². The monoisotopic (exact) mass is 412 g/mol. The molecule has 0 unspecified atom stereocenters. The first-order chi connectivity index (χ1) is 15.3. The molecule has 1 aliphatic heterocycles. The van der Waals surface area contributed by atoms with Crippen molar-refractivity contribution in [2.24, 2.45) is 0 Å². The normalized spacial score (nSPS) is 23.1. The van der Waals surface area contributed by atoms with Gasteiger partial charge in [-0.1, -0.05) is 24.3 Å². The number of hydrogen-bond donors (Lipinski definition) is 2. The highest BCUT2D eigenvalue weighted by molar-refractivity contribution is 5.92. The molecule has 4 nitrogen and oxygen atoms in total. The number of nitrogens with zero attached hydrogens (tertiary/aromatic N) is 2. The third-order valence-corrected chi connectivity index (χ3v) is 7.79. The lowest BCUT2D eigenvalue weighted by Gasteiger charge is -2.43. The smallest absolute Gasteiger partial charge is 0.0474 e. The first-order valence-electron chi connectivity index (χ1n) is 11.9. The molecule has 6 rings (SSSR count). The summed E-state index contributed by atoms with van der Waals surface area (Å²) in [6.07, 6.45) is 7.35. The van der Waals surface area contributed by atoms with Gasteiger partial charge in [-0.05, 0) is 68.4 Å². The van der Waals surface area contributed by atoms with E-state index in [1.165, 1.54) is 72.0 Å². The van der Waals surface area contributed by atoms with Gasteiger partial charge in [0.15, 0.2) is 0 Å². The van der Waals surface area contributed by atoms with Crippen molar-refractivity contribution in [2.75, 3.05) is 31.1 Å². The largest absolute Gasteiger partial charge is 0.368 e. The Bertz CT molecular complexity index is 1190. The maximum atomic E-state index is 3.61. The predicted molar refractivity (Wildman–Crippen MR) is 130 cm³/mol. The van der Waals surface area contributed by atoms with E-state index in [1.807, 2.05) is 0 Å². The van der Waals surface area contributed by atoms with Gasteiger partial charge in [-0.3, -0.25) is 4.90 Å². The summed E-state index contributed by atoms with van der Waals surface area (Å²) in [4.78, 5) is 12.3. The number of nitrogens with one attached hydrogen (secondary N) is 2. The van der Waals surface area contributed by atoms with Crippen LogP contribution in [-0.4, -0.2) is 47.1 Å². The molecule has 1 saturated heterocycles. The number of aryl methyl sites for hydroxylation is 1. The average molecular weight is 413 g/mol. The van der Waals surface area contributed by atoms with Gasteiger partial charge >= 0.3 is 0 Å². The van der Waals surface area contributed by atoms with Crippen molar-refractivity contribution in [1.82, 2.24) is 14.9 Å². The second-order valence-corrected chi connectivity index (χ2v) is 9.45. The number of anilines is 1. The van der Waals surface area contributed by atoms with E-state index in [0.29, 0.717) is 5.92 Å². The highest BCUT2D eigenvalue weighted by atomic mass is 15.3. The lowest BCUT2D eigenvalue weighted by atomic mass is 9.80. The topological polar surface area (TPSA) is 38.1 Å². The molecule has 2 fully saturated rings. The van der Waals surface area contributed by atoms with Gasteiger partial charge in [-0.15, -0.1) is 0 Å². The maximum Gasteiger partial charge on any atom is 0.0474 e. The number of piperazine rings is 1. The average Bonchev–Trinajstić information content (AvgIpc) is 3.43. The number of fused-ring (bicyclic) bond motifs is 2. The van der Waals surface area contributed by atoms with Crippen LogP contribution in [0.5, 0.6) is 0 Å². The molecular formula is C27H32N4. The summed E-state index contributed by atoms with van der Waals surface area (Å²) < 4.78 is 0. The number of aromatic nitrogens is 2. The molecule has 4 aromatic rings. The van der Waals surface area contributed by atoms with E-state index in [0.717, 1.165) is 19.1 Å². The van der Waals surface area contributed by atoms with Gasteiger partial charge < -0.3 is 14.9 Å². The minimum atomic E-state index is 0.708. The summed E-state index contributed by atoms with van der Waals surface area (Å²) in [6.45, 7) is 6.88. The lowest BCUT2D eigenvalue weighted by molar-refractivity contribution is 0.141. The quantitative estimate of drug-likeness (QED) is 0.446. The van der Waals surface area contributed by atoms with Crippen molar-refractivity contribution in [3.05, 3.63) is 66.0 Å². The van der Waals surface area contributed by atoms with Gasteiger partial charge in [0.1, 0.15) is 0 Å². The van der Waals surface area contributed by atoms with E-state index in [-0.39, 0.29) is 0 Å². The Morgan fingerprint density at radius 3 is 2.39 bits per heavy atom. The Morgan fingerprint density at radius 1 is 0.774 bits per heavy atom. The minimum absolute atomic E-state index is 0.708. The number of para-hydroxylation sites is 1. The minimum Gasteiger partial charge on any atom is -0.368 e. The van der Waals surface area contributed by atoms with E-state index in [1.54, 1.807) is 5.56 Å². The van der Waals surface area contributed by atoms with Gasteiger partial charge in [0.05, 0.1) is 0 Å². The van der Waals surface area contributed by atoms with Crippen molar-refractivity contribution in [3.63, 3.8) is 0 Å². The predicted octanol–water partition coefficient (Wildman–Crippen LogP) is 5.81. The highest BCUT2D eigenvalue weighted by Crippen LogP contribution is 2.40. The Kier molecular flexibility index (Phi) is 4.76. The molecule has 0 radical (unpaired) electrons. The molecular weight excluding hydrogens is 380 g/mol. The highest BCUT2D eigenvalue weighted by Gasteiger charge is 2.30. The first-order valence-corrected chi connectivity index (χ1v) is 11.9. The van der Waals surface area contributed by atoms with Gasteiger partial charge in [0.25, 0.3) is 0 Å². The molecule has 0 atom stereocenters. The van der Waals surface area contributed by atoms with E-state index in [9.17, 15) is 0 Å². The molecule has 2 aliphatic rings. The van der Waals surface area contributed by atoms with Crippen molar-refractivity contribution in [1.29, 1.82) is 0 Å². The molecule has 160 valence electrons. The summed E-state index contributed by atoms with van der Waals surface area (Å²) in [6, 6.07) is 18.4. The molecule has 0 bridgehead atoms. The fourth-order valence-electron chi connectivity index (χ4n) is 6.23. The number of H-pyrrole nitrogens is 2. The second-order valence-electron chi connectivity index (χ2n) is 9.45. The summed E-state index contributed by atoms with van der Waals surface area (Å²) in [5, 5.41) is 2.79. The molecule has 0 amide bonds. The molecule has 2 aromatic carbocycles. The van der Waals surface area contributed by atoms with Gasteiger partial charge in [0, 0.05) is 71.6 Å². The second kappa shape index (κ2) is 7.76. The van der Waals surface area contributed by atoms with Crippen LogP contribution >= 0.6 is 0 Å². The number of hydrogen-bond acceptors (Lipinski definition) is 2. The van der Waals surface area contributed by atoms with Crippen LogP contribution < -0.4 is 4.90 Å². The zero-order valence-electron chi connectivity index (χ0n) is 18.4. The van der Waals surface area contributed by atoms with Crippen molar-refractivity contribution in [3.8, 4) is 0 Å². The van der Waals surface area contributed by atoms with Crippen LogP contribution in [0.3, 0.4) is 0 Å². The summed E-state index contributed by atoms with van der Waals surface area (Å²) in [5.41, 5.74) is 6.88.